The lowest BCUT2D eigenvalue weighted by atomic mass is 10.5. The second kappa shape index (κ2) is 3.88. The van der Waals surface area contributed by atoms with Crippen LogP contribution in [0, 0.1) is 6.07 Å². The van der Waals surface area contributed by atoms with E-state index in [0.29, 0.717) is 5.88 Å². The van der Waals surface area contributed by atoms with Crippen LogP contribution in [0.25, 0.3) is 0 Å². The molecule has 0 unspecified atom stereocenters. The van der Waals surface area contributed by atoms with E-state index >= 15 is 0 Å². The van der Waals surface area contributed by atoms with Crippen molar-refractivity contribution in [2.75, 3.05) is 6.61 Å². The highest BCUT2D eigenvalue weighted by Crippen LogP contribution is 2.02. The molecular weight excluding hydrogens is 126 g/mol. The van der Waals surface area contributed by atoms with Crippen molar-refractivity contribution in [3.63, 3.8) is 0 Å². The molecule has 2 nitrogen and oxygen atoms in total. The summed E-state index contributed by atoms with van der Waals surface area (Å²) in [6.07, 6.45) is 2.62. The molecule has 10 heavy (non-hydrogen) atoms. The van der Waals surface area contributed by atoms with E-state index in [1.165, 1.54) is 0 Å². The lowest BCUT2D eigenvalue weighted by Gasteiger charge is -2.00. The Kier molecular flexibility index (Phi) is 2.74. The quantitative estimate of drug-likeness (QED) is 0.630. The summed E-state index contributed by atoms with van der Waals surface area (Å²) in [6, 6.07) is 6.41. The second-order valence-electron chi connectivity index (χ2n) is 1.94. The second-order valence-corrected chi connectivity index (χ2v) is 1.94. The van der Waals surface area contributed by atoms with E-state index < -0.39 is 0 Å². The van der Waals surface area contributed by atoms with Crippen molar-refractivity contribution in [3.05, 3.63) is 24.4 Å². The molecule has 1 heterocycles. The number of aromatic nitrogens is 1. The summed E-state index contributed by atoms with van der Waals surface area (Å²) in [5, 5.41) is 0. The fourth-order valence-electron chi connectivity index (χ4n) is 0.598. The van der Waals surface area contributed by atoms with Crippen LogP contribution in [0.4, 0.5) is 0 Å². The van der Waals surface area contributed by atoms with Crippen LogP contribution < -0.4 is 4.74 Å². The summed E-state index contributed by atoms with van der Waals surface area (Å²) >= 11 is 0. The van der Waals surface area contributed by atoms with Crippen molar-refractivity contribution in [1.82, 2.24) is 4.98 Å². The van der Waals surface area contributed by atoms with Gasteiger partial charge in [-0.1, -0.05) is 6.92 Å². The highest BCUT2D eigenvalue weighted by molar-refractivity contribution is 5.07. The number of nitrogens with zero attached hydrogens (tertiary/aromatic N) is 1. The number of ether oxygens (including phenoxy) is 1. The Morgan fingerprint density at radius 2 is 2.60 bits per heavy atom. The molecule has 0 aliphatic rings. The van der Waals surface area contributed by atoms with E-state index in [4.69, 9.17) is 4.74 Å². The average Bonchev–Trinajstić information content (AvgIpc) is 2.03. The maximum absolute atomic E-state index is 5.22. The molecule has 0 saturated carbocycles. The van der Waals surface area contributed by atoms with E-state index in [0.717, 1.165) is 13.0 Å². The highest BCUT2D eigenvalue weighted by atomic mass is 16.5. The average molecular weight is 136 g/mol. The van der Waals surface area contributed by atoms with Crippen molar-refractivity contribution in [3.8, 4) is 5.88 Å². The van der Waals surface area contributed by atoms with Crippen molar-refractivity contribution in [1.29, 1.82) is 0 Å². The smallest absolute Gasteiger partial charge is 0.213 e. The molecule has 2 heteroatoms. The first-order valence-electron chi connectivity index (χ1n) is 3.38. The molecule has 1 radical (unpaired) electrons. The minimum atomic E-state index is 0.681. The zero-order chi connectivity index (χ0) is 7.23. The fraction of sp³-hybridized carbons (Fsp3) is 0.375. The van der Waals surface area contributed by atoms with Crippen LogP contribution in [-0.2, 0) is 0 Å². The van der Waals surface area contributed by atoms with Gasteiger partial charge in [0.2, 0.25) is 5.88 Å². The van der Waals surface area contributed by atoms with Gasteiger partial charge in [-0.3, -0.25) is 0 Å². The molecule has 0 spiro atoms. The van der Waals surface area contributed by atoms with Crippen molar-refractivity contribution in [2.24, 2.45) is 0 Å². The molecule has 1 rings (SSSR count). The summed E-state index contributed by atoms with van der Waals surface area (Å²) in [4.78, 5) is 3.94. The maximum Gasteiger partial charge on any atom is 0.213 e. The predicted molar refractivity (Wildman–Crippen MR) is 38.9 cm³/mol. The Balaban J connectivity index is 2.43. The van der Waals surface area contributed by atoms with Gasteiger partial charge in [-0.25, -0.2) is 4.98 Å². The van der Waals surface area contributed by atoms with E-state index in [1.54, 1.807) is 18.3 Å². The molecule has 0 aliphatic heterocycles. The molecule has 53 valence electrons. The molecule has 0 atom stereocenters. The van der Waals surface area contributed by atoms with Crippen molar-refractivity contribution in [2.45, 2.75) is 13.3 Å². The largest absolute Gasteiger partial charge is 0.478 e. The third kappa shape index (κ3) is 2.05. The van der Waals surface area contributed by atoms with Gasteiger partial charge in [0.25, 0.3) is 0 Å². The van der Waals surface area contributed by atoms with Gasteiger partial charge in [0.1, 0.15) is 0 Å². The van der Waals surface area contributed by atoms with Crippen molar-refractivity contribution < 1.29 is 4.74 Å². The standard InChI is InChI=1S/C8H10NO/c1-2-7-10-8-5-3-4-6-9-8/h3,5-6H,2,7H2,1H3. The van der Waals surface area contributed by atoms with Crippen LogP contribution in [-0.4, -0.2) is 11.6 Å². The van der Waals surface area contributed by atoms with Gasteiger partial charge >= 0.3 is 0 Å². The van der Waals surface area contributed by atoms with Crippen LogP contribution in [0.3, 0.4) is 0 Å². The first-order chi connectivity index (χ1) is 4.93. The minimum Gasteiger partial charge on any atom is -0.478 e. The van der Waals surface area contributed by atoms with E-state index in [-0.39, 0.29) is 0 Å². The zero-order valence-corrected chi connectivity index (χ0v) is 6.00. The Hall–Kier alpha value is -1.05. The lowest BCUT2D eigenvalue weighted by molar-refractivity contribution is 0.305. The molecule has 0 aromatic carbocycles. The van der Waals surface area contributed by atoms with Gasteiger partial charge in [-0.2, -0.15) is 0 Å². The molecule has 0 aliphatic carbocycles. The minimum absolute atomic E-state index is 0.681. The lowest BCUT2D eigenvalue weighted by Crippen LogP contribution is -1.95. The van der Waals surface area contributed by atoms with Gasteiger partial charge in [0.15, 0.2) is 0 Å². The van der Waals surface area contributed by atoms with E-state index in [1.807, 2.05) is 0 Å². The topological polar surface area (TPSA) is 22.1 Å². The third-order valence-corrected chi connectivity index (χ3v) is 1.04. The summed E-state index contributed by atoms with van der Waals surface area (Å²) in [6.45, 7) is 2.80. The van der Waals surface area contributed by atoms with Crippen LogP contribution in [0.1, 0.15) is 13.3 Å². The molecular formula is C8H10NO. The Bertz CT molecular complexity index is 174. The SMILES string of the molecule is CCCOc1cc[c]cn1. The molecule has 1 aromatic heterocycles. The summed E-state index contributed by atoms with van der Waals surface area (Å²) in [7, 11) is 0. The number of pyridine rings is 1. The van der Waals surface area contributed by atoms with Crippen molar-refractivity contribution >= 4 is 0 Å². The van der Waals surface area contributed by atoms with Gasteiger partial charge in [-0.05, 0) is 12.5 Å². The first kappa shape index (κ1) is 7.06. The highest BCUT2D eigenvalue weighted by Gasteiger charge is 1.88. The number of hydrogen-bond acceptors (Lipinski definition) is 2. The predicted octanol–water partition coefficient (Wildman–Crippen LogP) is 1.67. The summed E-state index contributed by atoms with van der Waals surface area (Å²) in [5.41, 5.74) is 0. The fourth-order valence-corrected chi connectivity index (χ4v) is 0.598. The maximum atomic E-state index is 5.22. The Morgan fingerprint density at radius 3 is 3.20 bits per heavy atom. The molecule has 0 bridgehead atoms. The monoisotopic (exact) mass is 136 g/mol. The zero-order valence-electron chi connectivity index (χ0n) is 6.00. The Labute approximate surface area is 60.9 Å². The van der Waals surface area contributed by atoms with Crippen LogP contribution in [0.15, 0.2) is 18.3 Å². The van der Waals surface area contributed by atoms with E-state index in [9.17, 15) is 0 Å². The number of rotatable bonds is 3. The molecule has 0 fully saturated rings. The van der Waals surface area contributed by atoms with Crippen LogP contribution in [0.5, 0.6) is 5.88 Å². The molecule has 0 N–H and O–H groups in total. The van der Waals surface area contributed by atoms with Gasteiger partial charge in [0.05, 0.1) is 6.61 Å². The van der Waals surface area contributed by atoms with E-state index in [2.05, 4.69) is 18.0 Å². The van der Waals surface area contributed by atoms with Crippen LogP contribution >= 0.6 is 0 Å². The van der Waals surface area contributed by atoms with Crippen LogP contribution in [0.2, 0.25) is 0 Å². The van der Waals surface area contributed by atoms with Gasteiger partial charge < -0.3 is 4.74 Å². The summed E-state index contributed by atoms with van der Waals surface area (Å²) in [5.74, 6) is 0.681. The first-order valence-corrected chi connectivity index (χ1v) is 3.38. The molecule has 0 amide bonds. The molecule has 1 aromatic rings. The van der Waals surface area contributed by atoms with Gasteiger partial charge in [-0.15, -0.1) is 0 Å². The normalized spacial score (nSPS) is 9.30. The third-order valence-electron chi connectivity index (χ3n) is 1.04. The van der Waals surface area contributed by atoms with Gasteiger partial charge in [0, 0.05) is 18.3 Å². The number of hydrogen-bond donors (Lipinski definition) is 0. The summed E-state index contributed by atoms with van der Waals surface area (Å²) < 4.78 is 5.22. The molecule has 0 saturated heterocycles. The Morgan fingerprint density at radius 1 is 1.70 bits per heavy atom.